The van der Waals surface area contributed by atoms with Gasteiger partial charge in [0.1, 0.15) is 12.3 Å². The molecule has 1 N–H and O–H groups in total. The first-order chi connectivity index (χ1) is 11.0. The van der Waals surface area contributed by atoms with Gasteiger partial charge in [-0.2, -0.15) is 0 Å². The summed E-state index contributed by atoms with van der Waals surface area (Å²) in [5, 5.41) is 2.80. The average molecular weight is 351 g/mol. The molecule has 0 spiro atoms. The van der Waals surface area contributed by atoms with E-state index in [9.17, 15) is 9.59 Å². The smallest absolute Gasteiger partial charge is 0.268 e. The van der Waals surface area contributed by atoms with Crippen molar-refractivity contribution < 1.29 is 14.3 Å². The van der Waals surface area contributed by atoms with Crippen molar-refractivity contribution in [3.63, 3.8) is 0 Å². The van der Waals surface area contributed by atoms with Gasteiger partial charge in [-0.05, 0) is 31.2 Å². The Balaban J connectivity index is 1.68. The first-order valence-corrected chi connectivity index (χ1v) is 8.32. The number of anilines is 1. The first kappa shape index (κ1) is 15.8. The summed E-state index contributed by atoms with van der Waals surface area (Å²) in [6, 6.07) is 10.9. The lowest BCUT2D eigenvalue weighted by atomic mass is 10.2. The molecule has 0 saturated carbocycles. The molecule has 2 amide bonds. The molecule has 1 aromatic carbocycles. The van der Waals surface area contributed by atoms with Crippen molar-refractivity contribution in [1.82, 2.24) is 5.32 Å². The molecule has 23 heavy (non-hydrogen) atoms. The SMILES string of the molecule is CC1Oc2ccccc2N(CC(=O)NCc2ccc(Cl)s2)C1=O. The van der Waals surface area contributed by atoms with Crippen LogP contribution in [-0.4, -0.2) is 24.5 Å². The summed E-state index contributed by atoms with van der Waals surface area (Å²) in [6.45, 7) is 2.03. The molecule has 120 valence electrons. The fourth-order valence-electron chi connectivity index (χ4n) is 2.35. The second-order valence-corrected chi connectivity index (χ2v) is 6.93. The lowest BCUT2D eigenvalue weighted by molar-refractivity contribution is -0.128. The van der Waals surface area contributed by atoms with E-state index in [-0.39, 0.29) is 18.4 Å². The summed E-state index contributed by atoms with van der Waals surface area (Å²) in [5.41, 5.74) is 0.616. The number of para-hydroxylation sites is 2. The van der Waals surface area contributed by atoms with Crippen molar-refractivity contribution in [3.8, 4) is 5.75 Å². The zero-order valence-corrected chi connectivity index (χ0v) is 14.0. The molecule has 0 aliphatic carbocycles. The number of carbonyl (C=O) groups is 2. The first-order valence-electron chi connectivity index (χ1n) is 7.12. The van der Waals surface area contributed by atoms with Gasteiger partial charge in [0, 0.05) is 4.88 Å². The number of carbonyl (C=O) groups excluding carboxylic acids is 2. The number of hydrogen-bond acceptors (Lipinski definition) is 4. The Hall–Kier alpha value is -2.05. The molecule has 1 aromatic heterocycles. The number of benzene rings is 1. The maximum Gasteiger partial charge on any atom is 0.268 e. The van der Waals surface area contributed by atoms with E-state index < -0.39 is 6.10 Å². The summed E-state index contributed by atoms with van der Waals surface area (Å²) in [5.74, 6) is 0.155. The molecule has 1 unspecified atom stereocenters. The van der Waals surface area contributed by atoms with Crippen LogP contribution >= 0.6 is 22.9 Å². The molecule has 1 aliphatic heterocycles. The van der Waals surface area contributed by atoms with Crippen LogP contribution < -0.4 is 15.0 Å². The van der Waals surface area contributed by atoms with Crippen LogP contribution in [0.25, 0.3) is 0 Å². The maximum absolute atomic E-state index is 12.3. The van der Waals surface area contributed by atoms with Crippen molar-refractivity contribution in [2.75, 3.05) is 11.4 Å². The van der Waals surface area contributed by atoms with Gasteiger partial charge in [-0.25, -0.2) is 0 Å². The molecule has 0 bridgehead atoms. The van der Waals surface area contributed by atoms with E-state index in [1.165, 1.54) is 16.2 Å². The summed E-state index contributed by atoms with van der Waals surface area (Å²) < 4.78 is 6.23. The van der Waals surface area contributed by atoms with Crippen LogP contribution in [-0.2, 0) is 16.1 Å². The maximum atomic E-state index is 12.3. The molecule has 0 fully saturated rings. The Morgan fingerprint density at radius 2 is 2.13 bits per heavy atom. The minimum absolute atomic E-state index is 0.0390. The number of amides is 2. The number of halogens is 1. The van der Waals surface area contributed by atoms with Gasteiger partial charge in [-0.15, -0.1) is 11.3 Å². The largest absolute Gasteiger partial charge is 0.479 e. The number of fused-ring (bicyclic) bond motifs is 1. The molecular weight excluding hydrogens is 336 g/mol. The third kappa shape index (κ3) is 3.48. The normalized spacial score (nSPS) is 16.7. The predicted octanol–water partition coefficient (Wildman–Crippen LogP) is 2.83. The van der Waals surface area contributed by atoms with Crippen molar-refractivity contribution >= 4 is 40.4 Å². The van der Waals surface area contributed by atoms with Crippen molar-refractivity contribution in [2.24, 2.45) is 0 Å². The van der Waals surface area contributed by atoms with E-state index in [2.05, 4.69) is 5.32 Å². The van der Waals surface area contributed by atoms with E-state index in [0.29, 0.717) is 22.3 Å². The number of nitrogens with zero attached hydrogens (tertiary/aromatic N) is 1. The monoisotopic (exact) mass is 350 g/mol. The summed E-state index contributed by atoms with van der Waals surface area (Å²) in [6.07, 6.45) is -0.603. The van der Waals surface area contributed by atoms with Crippen LogP contribution in [0.1, 0.15) is 11.8 Å². The van der Waals surface area contributed by atoms with E-state index in [1.54, 1.807) is 25.1 Å². The number of ether oxygens (including phenoxy) is 1. The van der Waals surface area contributed by atoms with Gasteiger partial charge in [0.25, 0.3) is 5.91 Å². The van der Waals surface area contributed by atoms with E-state index in [1.807, 2.05) is 18.2 Å². The lowest BCUT2D eigenvalue weighted by Crippen LogP contribution is -2.48. The highest BCUT2D eigenvalue weighted by Crippen LogP contribution is 2.33. The predicted molar refractivity (Wildman–Crippen MR) is 90.1 cm³/mol. The van der Waals surface area contributed by atoms with E-state index in [0.717, 1.165) is 4.88 Å². The second-order valence-electron chi connectivity index (χ2n) is 5.13. The van der Waals surface area contributed by atoms with Crippen LogP contribution in [0.5, 0.6) is 5.75 Å². The van der Waals surface area contributed by atoms with Gasteiger partial charge in [-0.3, -0.25) is 14.5 Å². The minimum Gasteiger partial charge on any atom is -0.479 e. The van der Waals surface area contributed by atoms with E-state index >= 15 is 0 Å². The Morgan fingerprint density at radius 3 is 2.87 bits per heavy atom. The highest BCUT2D eigenvalue weighted by atomic mass is 35.5. The number of rotatable bonds is 4. The van der Waals surface area contributed by atoms with Gasteiger partial charge in [-0.1, -0.05) is 23.7 Å². The van der Waals surface area contributed by atoms with Crippen molar-refractivity contribution in [2.45, 2.75) is 19.6 Å². The lowest BCUT2D eigenvalue weighted by Gasteiger charge is -2.32. The average Bonchev–Trinajstić information content (AvgIpc) is 2.95. The molecule has 2 heterocycles. The van der Waals surface area contributed by atoms with Gasteiger partial charge in [0.05, 0.1) is 16.6 Å². The van der Waals surface area contributed by atoms with Gasteiger partial charge in [0.15, 0.2) is 6.10 Å². The van der Waals surface area contributed by atoms with Gasteiger partial charge >= 0.3 is 0 Å². The van der Waals surface area contributed by atoms with Crippen LogP contribution in [0.4, 0.5) is 5.69 Å². The number of hydrogen-bond donors (Lipinski definition) is 1. The Bertz CT molecular complexity index is 746. The quantitative estimate of drug-likeness (QED) is 0.922. The summed E-state index contributed by atoms with van der Waals surface area (Å²) in [4.78, 5) is 26.9. The molecule has 3 rings (SSSR count). The zero-order chi connectivity index (χ0) is 16.4. The summed E-state index contributed by atoms with van der Waals surface area (Å²) >= 11 is 7.28. The number of thiophene rings is 1. The van der Waals surface area contributed by atoms with Crippen LogP contribution in [0.15, 0.2) is 36.4 Å². The third-order valence-electron chi connectivity index (χ3n) is 3.46. The highest BCUT2D eigenvalue weighted by Gasteiger charge is 2.32. The molecule has 5 nitrogen and oxygen atoms in total. The van der Waals surface area contributed by atoms with Gasteiger partial charge in [0.2, 0.25) is 5.91 Å². The molecule has 0 radical (unpaired) electrons. The minimum atomic E-state index is -0.603. The standard InChI is InChI=1S/C16H15ClN2O3S/c1-10-16(21)19(12-4-2-3-5-13(12)22-10)9-15(20)18-8-11-6-7-14(17)23-11/h2-7,10H,8-9H2,1H3,(H,18,20). The molecule has 2 aromatic rings. The molecule has 1 aliphatic rings. The Morgan fingerprint density at radius 1 is 1.35 bits per heavy atom. The second kappa shape index (κ2) is 6.60. The molecule has 7 heteroatoms. The molecule has 1 atom stereocenters. The van der Waals surface area contributed by atoms with E-state index in [4.69, 9.17) is 16.3 Å². The number of nitrogens with one attached hydrogen (secondary N) is 1. The Kier molecular flexibility index (Phi) is 4.54. The van der Waals surface area contributed by atoms with Crippen molar-refractivity contribution in [1.29, 1.82) is 0 Å². The van der Waals surface area contributed by atoms with Crippen LogP contribution in [0, 0.1) is 0 Å². The third-order valence-corrected chi connectivity index (χ3v) is 4.70. The fourth-order valence-corrected chi connectivity index (χ4v) is 3.38. The zero-order valence-electron chi connectivity index (χ0n) is 12.4. The van der Waals surface area contributed by atoms with Crippen LogP contribution in [0.3, 0.4) is 0 Å². The molecule has 0 saturated heterocycles. The molecular formula is C16H15ClN2O3S. The fraction of sp³-hybridized carbons (Fsp3) is 0.250. The van der Waals surface area contributed by atoms with Gasteiger partial charge < -0.3 is 10.1 Å². The van der Waals surface area contributed by atoms with Crippen molar-refractivity contribution in [3.05, 3.63) is 45.6 Å². The van der Waals surface area contributed by atoms with Crippen LogP contribution in [0.2, 0.25) is 4.34 Å². The highest BCUT2D eigenvalue weighted by molar-refractivity contribution is 7.16. The summed E-state index contributed by atoms with van der Waals surface area (Å²) in [7, 11) is 0. The Labute approximate surface area is 142 Å². The topological polar surface area (TPSA) is 58.6 Å².